The number of benzene rings is 1. The summed E-state index contributed by atoms with van der Waals surface area (Å²) in [7, 11) is 1.41. The summed E-state index contributed by atoms with van der Waals surface area (Å²) in [5.74, 6) is -0.282. The van der Waals surface area contributed by atoms with Crippen molar-refractivity contribution in [1.82, 2.24) is 9.88 Å². The molecule has 1 saturated heterocycles. The SMILES string of the molecule is COC(=O)c1cccc(CN2CCN(c3nccs3)CC2)c1. The Bertz CT molecular complexity index is 622. The molecule has 0 amide bonds. The van der Waals surface area contributed by atoms with E-state index in [0.29, 0.717) is 5.56 Å². The first-order chi connectivity index (χ1) is 10.8. The summed E-state index contributed by atoms with van der Waals surface area (Å²) < 4.78 is 4.77. The summed E-state index contributed by atoms with van der Waals surface area (Å²) in [6.07, 6.45) is 1.85. The molecule has 3 rings (SSSR count). The van der Waals surface area contributed by atoms with Crippen LogP contribution in [0.1, 0.15) is 15.9 Å². The summed E-state index contributed by atoms with van der Waals surface area (Å²) in [5.41, 5.74) is 1.76. The van der Waals surface area contributed by atoms with Gasteiger partial charge >= 0.3 is 5.97 Å². The molecule has 2 aromatic rings. The molecule has 0 radical (unpaired) electrons. The number of piperazine rings is 1. The Morgan fingerprint density at radius 2 is 2.14 bits per heavy atom. The summed E-state index contributed by atoms with van der Waals surface area (Å²) in [6, 6.07) is 7.67. The average molecular weight is 317 g/mol. The standard InChI is InChI=1S/C16H19N3O2S/c1-21-15(20)14-4-2-3-13(11-14)12-18-6-8-19(9-7-18)16-17-5-10-22-16/h2-5,10-11H,6-9,12H2,1H3. The minimum absolute atomic E-state index is 0.282. The van der Waals surface area contributed by atoms with Gasteiger partial charge in [-0.25, -0.2) is 9.78 Å². The average Bonchev–Trinajstić information content (AvgIpc) is 3.09. The van der Waals surface area contributed by atoms with Gasteiger partial charge in [0.2, 0.25) is 0 Å². The number of nitrogens with zero attached hydrogens (tertiary/aromatic N) is 3. The molecule has 0 spiro atoms. The summed E-state index contributed by atoms with van der Waals surface area (Å²) in [5, 5.41) is 3.12. The molecule has 22 heavy (non-hydrogen) atoms. The number of carbonyl (C=O) groups excluding carboxylic acids is 1. The van der Waals surface area contributed by atoms with Crippen LogP contribution in [-0.2, 0) is 11.3 Å². The van der Waals surface area contributed by atoms with Gasteiger partial charge < -0.3 is 9.64 Å². The number of esters is 1. The molecular formula is C16H19N3O2S. The minimum Gasteiger partial charge on any atom is -0.465 e. The van der Waals surface area contributed by atoms with Crippen LogP contribution in [-0.4, -0.2) is 49.1 Å². The van der Waals surface area contributed by atoms with Crippen LogP contribution in [0.3, 0.4) is 0 Å². The van der Waals surface area contributed by atoms with Crippen molar-refractivity contribution < 1.29 is 9.53 Å². The summed E-state index contributed by atoms with van der Waals surface area (Å²) in [6.45, 7) is 4.84. The number of anilines is 1. The largest absolute Gasteiger partial charge is 0.465 e. The first-order valence-corrected chi connectivity index (χ1v) is 8.18. The third-order valence-electron chi connectivity index (χ3n) is 3.82. The quantitative estimate of drug-likeness (QED) is 0.809. The Hall–Kier alpha value is -1.92. The number of carbonyl (C=O) groups is 1. The van der Waals surface area contributed by atoms with E-state index in [1.54, 1.807) is 17.4 Å². The van der Waals surface area contributed by atoms with E-state index >= 15 is 0 Å². The molecule has 6 heteroatoms. The van der Waals surface area contributed by atoms with E-state index in [1.165, 1.54) is 7.11 Å². The number of aromatic nitrogens is 1. The van der Waals surface area contributed by atoms with Gasteiger partial charge in [0.25, 0.3) is 0 Å². The van der Waals surface area contributed by atoms with Gasteiger partial charge in [0.15, 0.2) is 5.13 Å². The highest BCUT2D eigenvalue weighted by Gasteiger charge is 2.19. The van der Waals surface area contributed by atoms with Crippen molar-refractivity contribution in [2.45, 2.75) is 6.54 Å². The Morgan fingerprint density at radius 3 is 2.82 bits per heavy atom. The van der Waals surface area contributed by atoms with Gasteiger partial charge in [-0.1, -0.05) is 12.1 Å². The van der Waals surface area contributed by atoms with Gasteiger partial charge in [-0.3, -0.25) is 4.90 Å². The predicted molar refractivity (Wildman–Crippen MR) is 87.4 cm³/mol. The van der Waals surface area contributed by atoms with Crippen molar-refractivity contribution in [3.05, 3.63) is 47.0 Å². The van der Waals surface area contributed by atoms with Crippen molar-refractivity contribution in [3.63, 3.8) is 0 Å². The second-order valence-corrected chi connectivity index (χ2v) is 6.14. The maximum Gasteiger partial charge on any atom is 0.337 e. The molecule has 5 nitrogen and oxygen atoms in total. The monoisotopic (exact) mass is 317 g/mol. The maximum absolute atomic E-state index is 11.6. The first kappa shape index (κ1) is 15.0. The van der Waals surface area contributed by atoms with Gasteiger partial charge in [-0.15, -0.1) is 11.3 Å². The van der Waals surface area contributed by atoms with Crippen LogP contribution in [0, 0.1) is 0 Å². The molecule has 1 fully saturated rings. The number of methoxy groups -OCH3 is 1. The molecule has 1 aliphatic heterocycles. The van der Waals surface area contributed by atoms with Crippen LogP contribution in [0.2, 0.25) is 0 Å². The van der Waals surface area contributed by atoms with E-state index in [-0.39, 0.29) is 5.97 Å². The lowest BCUT2D eigenvalue weighted by Gasteiger charge is -2.34. The molecule has 0 unspecified atom stereocenters. The van der Waals surface area contributed by atoms with Gasteiger partial charge in [0.05, 0.1) is 12.7 Å². The Labute approximate surface area is 134 Å². The van der Waals surface area contributed by atoms with Crippen LogP contribution >= 0.6 is 11.3 Å². The number of thiazole rings is 1. The van der Waals surface area contributed by atoms with Gasteiger partial charge in [-0.05, 0) is 17.7 Å². The fourth-order valence-electron chi connectivity index (χ4n) is 2.64. The zero-order valence-electron chi connectivity index (χ0n) is 12.6. The lowest BCUT2D eigenvalue weighted by Crippen LogP contribution is -2.45. The topological polar surface area (TPSA) is 45.7 Å². The second-order valence-electron chi connectivity index (χ2n) is 5.27. The third-order valence-corrected chi connectivity index (χ3v) is 4.65. The van der Waals surface area contributed by atoms with Crippen LogP contribution in [0.5, 0.6) is 0 Å². The van der Waals surface area contributed by atoms with E-state index in [4.69, 9.17) is 4.74 Å². The van der Waals surface area contributed by atoms with E-state index < -0.39 is 0 Å². The molecular weight excluding hydrogens is 298 g/mol. The summed E-state index contributed by atoms with van der Waals surface area (Å²) in [4.78, 5) is 20.7. The van der Waals surface area contributed by atoms with Crippen LogP contribution in [0.4, 0.5) is 5.13 Å². The molecule has 1 aliphatic rings. The smallest absolute Gasteiger partial charge is 0.337 e. The first-order valence-electron chi connectivity index (χ1n) is 7.30. The maximum atomic E-state index is 11.6. The fourth-order valence-corrected chi connectivity index (χ4v) is 3.34. The predicted octanol–water partition coefficient (Wildman–Crippen LogP) is 2.25. The van der Waals surface area contributed by atoms with E-state index in [2.05, 4.69) is 20.9 Å². The van der Waals surface area contributed by atoms with Crippen molar-refractivity contribution in [1.29, 1.82) is 0 Å². The lowest BCUT2D eigenvalue weighted by atomic mass is 10.1. The van der Waals surface area contributed by atoms with E-state index in [1.807, 2.05) is 23.7 Å². The highest BCUT2D eigenvalue weighted by Crippen LogP contribution is 2.19. The zero-order chi connectivity index (χ0) is 15.4. The summed E-state index contributed by atoms with van der Waals surface area (Å²) >= 11 is 1.69. The lowest BCUT2D eigenvalue weighted by molar-refractivity contribution is 0.0600. The van der Waals surface area contributed by atoms with Crippen LogP contribution < -0.4 is 4.90 Å². The normalized spacial score (nSPS) is 15.8. The van der Waals surface area contributed by atoms with Crippen molar-refractivity contribution in [3.8, 4) is 0 Å². The number of hydrogen-bond acceptors (Lipinski definition) is 6. The Kier molecular flexibility index (Phi) is 4.70. The molecule has 0 saturated carbocycles. The van der Waals surface area contributed by atoms with E-state index in [9.17, 15) is 4.79 Å². The molecule has 0 atom stereocenters. The van der Waals surface area contributed by atoms with Gasteiger partial charge in [-0.2, -0.15) is 0 Å². The molecule has 1 aromatic heterocycles. The van der Waals surface area contributed by atoms with Crippen molar-refractivity contribution in [2.75, 3.05) is 38.2 Å². The fraction of sp³-hybridized carbons (Fsp3) is 0.375. The van der Waals surface area contributed by atoms with E-state index in [0.717, 1.165) is 43.4 Å². The number of hydrogen-bond donors (Lipinski definition) is 0. The van der Waals surface area contributed by atoms with Crippen LogP contribution in [0.15, 0.2) is 35.8 Å². The zero-order valence-corrected chi connectivity index (χ0v) is 13.4. The highest BCUT2D eigenvalue weighted by molar-refractivity contribution is 7.13. The third kappa shape index (κ3) is 3.45. The van der Waals surface area contributed by atoms with Crippen LogP contribution in [0.25, 0.3) is 0 Å². The molecule has 0 bridgehead atoms. The second kappa shape index (κ2) is 6.89. The number of rotatable bonds is 4. The number of ether oxygens (including phenoxy) is 1. The minimum atomic E-state index is -0.282. The Morgan fingerprint density at radius 1 is 1.32 bits per heavy atom. The van der Waals surface area contributed by atoms with Crippen molar-refractivity contribution >= 4 is 22.4 Å². The molecule has 116 valence electrons. The molecule has 0 aliphatic carbocycles. The molecule has 0 N–H and O–H groups in total. The van der Waals surface area contributed by atoms with Gasteiger partial charge in [0, 0.05) is 44.3 Å². The molecule has 1 aromatic carbocycles. The van der Waals surface area contributed by atoms with Gasteiger partial charge in [0.1, 0.15) is 0 Å². The van der Waals surface area contributed by atoms with Crippen molar-refractivity contribution in [2.24, 2.45) is 0 Å². The molecule has 2 heterocycles. The Balaban J connectivity index is 1.57. The highest BCUT2D eigenvalue weighted by atomic mass is 32.1.